The molecular weight excluding hydrogens is 178 g/mol. The second-order valence-electron chi connectivity index (χ2n) is 3.47. The van der Waals surface area contributed by atoms with E-state index in [0.29, 0.717) is 0 Å². The first-order valence-electron chi connectivity index (χ1n) is 4.55. The van der Waals surface area contributed by atoms with E-state index >= 15 is 0 Å². The number of nitrogens with one attached hydrogen (secondary N) is 1. The molecule has 0 saturated heterocycles. The van der Waals surface area contributed by atoms with Crippen LogP contribution in [0, 0.1) is 0 Å². The highest BCUT2D eigenvalue weighted by Gasteiger charge is 2.05. The van der Waals surface area contributed by atoms with Gasteiger partial charge in [-0.1, -0.05) is 0 Å². The molecule has 14 heavy (non-hydrogen) atoms. The normalized spacial score (nSPS) is 11.4. The predicted molar refractivity (Wildman–Crippen MR) is 53.9 cm³/mol. The van der Waals surface area contributed by atoms with Crippen LogP contribution in [0.4, 0.5) is 0 Å². The molecule has 0 spiro atoms. The number of likely N-dealkylation sites (N-methyl/N-ethyl adjacent to an activating group) is 1. The zero-order valence-corrected chi connectivity index (χ0v) is 8.36. The molecule has 2 aromatic heterocycles. The first-order chi connectivity index (χ1) is 6.77. The van der Waals surface area contributed by atoms with E-state index in [0.717, 1.165) is 29.8 Å². The quantitative estimate of drug-likeness (QED) is 0.765. The fraction of sp³-hybridized carbons (Fsp3) is 0.444. The summed E-state index contributed by atoms with van der Waals surface area (Å²) in [4.78, 5) is 17.6. The Hall–Kier alpha value is -1.49. The lowest BCUT2D eigenvalue weighted by molar-refractivity contribution is 0.412. The number of hydrogen-bond acceptors (Lipinski definition) is 4. The van der Waals surface area contributed by atoms with Crippen LogP contribution in [0.25, 0.3) is 11.2 Å². The van der Waals surface area contributed by atoms with Gasteiger partial charge in [0.05, 0.1) is 12.0 Å². The smallest absolute Gasteiger partial charge is 0.180 e. The molecule has 0 saturated carbocycles. The SMILES string of the molecule is CN(C)CCc1ncnc2nc[nH]c12. The lowest BCUT2D eigenvalue weighted by atomic mass is 10.2. The van der Waals surface area contributed by atoms with Crippen molar-refractivity contribution < 1.29 is 0 Å². The van der Waals surface area contributed by atoms with E-state index in [-0.39, 0.29) is 0 Å². The lowest BCUT2D eigenvalue weighted by Crippen LogP contribution is -2.15. The molecule has 2 aromatic rings. The highest BCUT2D eigenvalue weighted by atomic mass is 15.1. The summed E-state index contributed by atoms with van der Waals surface area (Å²) < 4.78 is 0. The summed E-state index contributed by atoms with van der Waals surface area (Å²) in [5.41, 5.74) is 2.73. The Bertz CT molecular complexity index is 420. The number of imidazole rings is 1. The molecule has 0 unspecified atom stereocenters. The number of hydrogen-bond donors (Lipinski definition) is 1. The molecule has 0 fully saturated rings. The van der Waals surface area contributed by atoms with Gasteiger partial charge in [0.1, 0.15) is 11.8 Å². The van der Waals surface area contributed by atoms with E-state index in [1.807, 2.05) is 14.1 Å². The van der Waals surface area contributed by atoms with E-state index in [9.17, 15) is 0 Å². The summed E-state index contributed by atoms with van der Waals surface area (Å²) >= 11 is 0. The first-order valence-corrected chi connectivity index (χ1v) is 4.55. The molecule has 0 amide bonds. The summed E-state index contributed by atoms with van der Waals surface area (Å²) in [5.74, 6) is 0. The molecule has 0 atom stereocenters. The lowest BCUT2D eigenvalue weighted by Gasteiger charge is -2.08. The minimum absolute atomic E-state index is 0.744. The Morgan fingerprint density at radius 2 is 2.14 bits per heavy atom. The van der Waals surface area contributed by atoms with Crippen molar-refractivity contribution in [2.45, 2.75) is 6.42 Å². The number of fused-ring (bicyclic) bond motifs is 1. The van der Waals surface area contributed by atoms with Crippen LogP contribution in [0.5, 0.6) is 0 Å². The number of rotatable bonds is 3. The van der Waals surface area contributed by atoms with Crippen LogP contribution >= 0.6 is 0 Å². The van der Waals surface area contributed by atoms with E-state index in [1.54, 1.807) is 12.7 Å². The number of H-pyrrole nitrogens is 1. The monoisotopic (exact) mass is 191 g/mol. The van der Waals surface area contributed by atoms with Gasteiger partial charge in [-0.05, 0) is 14.1 Å². The molecule has 0 aliphatic carbocycles. The van der Waals surface area contributed by atoms with Crippen molar-refractivity contribution in [2.24, 2.45) is 0 Å². The third-order valence-corrected chi connectivity index (χ3v) is 2.10. The van der Waals surface area contributed by atoms with Crippen LogP contribution in [-0.4, -0.2) is 45.5 Å². The largest absolute Gasteiger partial charge is 0.342 e. The second-order valence-corrected chi connectivity index (χ2v) is 3.47. The molecule has 0 aliphatic heterocycles. The molecular formula is C9H13N5. The third kappa shape index (κ3) is 1.72. The van der Waals surface area contributed by atoms with Crippen molar-refractivity contribution in [3.05, 3.63) is 18.3 Å². The molecule has 2 rings (SSSR count). The van der Waals surface area contributed by atoms with Gasteiger partial charge in [-0.2, -0.15) is 0 Å². The van der Waals surface area contributed by atoms with Gasteiger partial charge in [0, 0.05) is 13.0 Å². The van der Waals surface area contributed by atoms with Gasteiger partial charge in [-0.25, -0.2) is 15.0 Å². The van der Waals surface area contributed by atoms with E-state index < -0.39 is 0 Å². The van der Waals surface area contributed by atoms with Crippen molar-refractivity contribution in [1.29, 1.82) is 0 Å². The van der Waals surface area contributed by atoms with E-state index in [4.69, 9.17) is 0 Å². The van der Waals surface area contributed by atoms with Gasteiger partial charge in [0.15, 0.2) is 5.65 Å². The average molecular weight is 191 g/mol. The van der Waals surface area contributed by atoms with Crippen LogP contribution in [-0.2, 0) is 6.42 Å². The van der Waals surface area contributed by atoms with Crippen LogP contribution in [0.2, 0.25) is 0 Å². The average Bonchev–Trinajstić information content (AvgIpc) is 2.62. The highest BCUT2D eigenvalue weighted by molar-refractivity contribution is 5.71. The maximum absolute atomic E-state index is 4.24. The highest BCUT2D eigenvalue weighted by Crippen LogP contribution is 2.09. The molecule has 5 nitrogen and oxygen atoms in total. The predicted octanol–water partition coefficient (Wildman–Crippen LogP) is 0.457. The molecule has 0 radical (unpaired) electrons. The van der Waals surface area contributed by atoms with Gasteiger partial charge < -0.3 is 9.88 Å². The maximum Gasteiger partial charge on any atom is 0.180 e. The van der Waals surface area contributed by atoms with Crippen LogP contribution in [0.3, 0.4) is 0 Å². The number of nitrogens with zero attached hydrogens (tertiary/aromatic N) is 4. The van der Waals surface area contributed by atoms with Crippen molar-refractivity contribution in [3.63, 3.8) is 0 Å². The molecule has 0 aromatic carbocycles. The summed E-state index contributed by atoms with van der Waals surface area (Å²) in [6.07, 6.45) is 4.13. The Labute approximate surface area is 82.2 Å². The van der Waals surface area contributed by atoms with Gasteiger partial charge in [-0.3, -0.25) is 0 Å². The number of aromatic nitrogens is 4. The van der Waals surface area contributed by atoms with Crippen LogP contribution in [0.15, 0.2) is 12.7 Å². The molecule has 74 valence electrons. The maximum atomic E-state index is 4.24. The summed E-state index contributed by atoms with van der Waals surface area (Å²) in [5, 5.41) is 0. The van der Waals surface area contributed by atoms with E-state index in [1.165, 1.54) is 0 Å². The van der Waals surface area contributed by atoms with Gasteiger partial charge in [-0.15, -0.1) is 0 Å². The Morgan fingerprint density at radius 3 is 2.93 bits per heavy atom. The second kappa shape index (κ2) is 3.71. The Kier molecular flexibility index (Phi) is 2.41. The third-order valence-electron chi connectivity index (χ3n) is 2.10. The zero-order chi connectivity index (χ0) is 9.97. The first kappa shape index (κ1) is 9.08. The van der Waals surface area contributed by atoms with Gasteiger partial charge >= 0.3 is 0 Å². The van der Waals surface area contributed by atoms with Crippen LogP contribution < -0.4 is 0 Å². The van der Waals surface area contributed by atoms with Crippen molar-refractivity contribution in [3.8, 4) is 0 Å². The molecule has 0 bridgehead atoms. The van der Waals surface area contributed by atoms with Gasteiger partial charge in [0.25, 0.3) is 0 Å². The Balaban J connectivity index is 2.27. The van der Waals surface area contributed by atoms with Crippen LogP contribution in [0.1, 0.15) is 5.69 Å². The molecule has 5 heteroatoms. The molecule has 1 N–H and O–H groups in total. The fourth-order valence-corrected chi connectivity index (χ4v) is 1.33. The summed E-state index contributed by atoms with van der Waals surface area (Å²) in [6, 6.07) is 0. The van der Waals surface area contributed by atoms with E-state index in [2.05, 4.69) is 24.8 Å². The van der Waals surface area contributed by atoms with Crippen molar-refractivity contribution in [2.75, 3.05) is 20.6 Å². The summed E-state index contributed by atoms with van der Waals surface area (Å²) in [6.45, 7) is 0.977. The topological polar surface area (TPSA) is 57.7 Å². The fourth-order valence-electron chi connectivity index (χ4n) is 1.33. The van der Waals surface area contributed by atoms with Crippen molar-refractivity contribution >= 4 is 11.2 Å². The van der Waals surface area contributed by atoms with Gasteiger partial charge in [0.2, 0.25) is 0 Å². The van der Waals surface area contributed by atoms with Crippen molar-refractivity contribution in [1.82, 2.24) is 24.8 Å². The number of aromatic amines is 1. The molecule has 2 heterocycles. The standard InChI is InChI=1S/C9H13N5/c1-14(2)4-3-7-8-9(12-5-10-7)13-6-11-8/h5-6H,3-4H2,1-2H3,(H,10,11,12,13). The Morgan fingerprint density at radius 1 is 1.29 bits per heavy atom. The zero-order valence-electron chi connectivity index (χ0n) is 8.36. The summed E-state index contributed by atoms with van der Waals surface area (Å²) in [7, 11) is 4.09. The molecule has 0 aliphatic rings. The minimum Gasteiger partial charge on any atom is -0.342 e. The minimum atomic E-state index is 0.744.